The second-order valence-corrected chi connectivity index (χ2v) is 4.72. The molecule has 15 heavy (non-hydrogen) atoms. The normalized spacial score (nSPS) is 16.6. The van der Waals surface area contributed by atoms with Gasteiger partial charge < -0.3 is 0 Å². The summed E-state index contributed by atoms with van der Waals surface area (Å²) < 4.78 is 2.36. The summed E-state index contributed by atoms with van der Waals surface area (Å²) >= 11 is 0. The third-order valence-electron chi connectivity index (χ3n) is 3.50. The van der Waals surface area contributed by atoms with Gasteiger partial charge in [-0.05, 0) is 12.8 Å². The molecule has 0 saturated heterocycles. The highest BCUT2D eigenvalue weighted by Crippen LogP contribution is 2.07. The third kappa shape index (κ3) is 4.23. The van der Waals surface area contributed by atoms with Crippen molar-refractivity contribution in [3.8, 4) is 0 Å². The van der Waals surface area contributed by atoms with Crippen LogP contribution < -0.4 is 0 Å². The van der Waals surface area contributed by atoms with Crippen LogP contribution in [0.3, 0.4) is 0 Å². The van der Waals surface area contributed by atoms with E-state index in [4.69, 9.17) is 0 Å². The summed E-state index contributed by atoms with van der Waals surface area (Å²) in [6, 6.07) is 0. The van der Waals surface area contributed by atoms with Crippen molar-refractivity contribution in [1.82, 2.24) is 4.90 Å². The van der Waals surface area contributed by atoms with Crippen LogP contribution in [0.4, 0.5) is 0 Å². The average molecular weight is 211 g/mol. The van der Waals surface area contributed by atoms with E-state index in [1.165, 1.54) is 64.0 Å². The van der Waals surface area contributed by atoms with E-state index in [2.05, 4.69) is 30.4 Å². The first-order valence-corrected chi connectivity index (χ1v) is 6.55. The molecule has 1 aliphatic heterocycles. The van der Waals surface area contributed by atoms with Gasteiger partial charge in [0.1, 0.15) is 13.1 Å². The van der Waals surface area contributed by atoms with E-state index in [0.717, 1.165) is 0 Å². The number of likely N-dealkylation sites (N-methyl/N-ethyl adjacent to an activating group) is 1. The highest BCUT2D eigenvalue weighted by molar-refractivity contribution is 5.75. The fourth-order valence-electron chi connectivity index (χ4n) is 2.19. The second kappa shape index (κ2) is 6.86. The fraction of sp³-hybridized carbons (Fsp3) is 0.923. The summed E-state index contributed by atoms with van der Waals surface area (Å²) in [6.07, 6.45) is 8.40. The van der Waals surface area contributed by atoms with E-state index in [9.17, 15) is 0 Å². The van der Waals surface area contributed by atoms with Gasteiger partial charge in [0.2, 0.25) is 5.84 Å². The van der Waals surface area contributed by atoms with Crippen LogP contribution in [-0.4, -0.2) is 42.0 Å². The molecular formula is C13H27N2+. The van der Waals surface area contributed by atoms with Crippen molar-refractivity contribution in [3.05, 3.63) is 0 Å². The van der Waals surface area contributed by atoms with Crippen LogP contribution in [0.25, 0.3) is 0 Å². The Morgan fingerprint density at radius 2 is 1.80 bits per heavy atom. The molecule has 0 saturated carbocycles. The van der Waals surface area contributed by atoms with Crippen LogP contribution in [0.1, 0.15) is 52.4 Å². The Morgan fingerprint density at radius 3 is 2.40 bits per heavy atom. The Labute approximate surface area is 95.0 Å². The molecule has 0 amide bonds. The molecular weight excluding hydrogens is 184 g/mol. The maximum Gasteiger partial charge on any atom is 0.243 e. The molecule has 0 unspecified atom stereocenters. The van der Waals surface area contributed by atoms with Gasteiger partial charge >= 0.3 is 0 Å². The van der Waals surface area contributed by atoms with Gasteiger partial charge in [-0.15, -0.1) is 0 Å². The monoisotopic (exact) mass is 211 g/mol. The van der Waals surface area contributed by atoms with Gasteiger partial charge in [-0.1, -0.05) is 32.6 Å². The molecule has 2 nitrogen and oxygen atoms in total. The highest BCUT2D eigenvalue weighted by atomic mass is 15.3. The van der Waals surface area contributed by atoms with Crippen LogP contribution in [0.5, 0.6) is 0 Å². The summed E-state index contributed by atoms with van der Waals surface area (Å²) in [7, 11) is 2.19. The first kappa shape index (κ1) is 12.5. The summed E-state index contributed by atoms with van der Waals surface area (Å²) in [5.41, 5.74) is 0. The van der Waals surface area contributed by atoms with E-state index < -0.39 is 0 Å². The van der Waals surface area contributed by atoms with E-state index in [-0.39, 0.29) is 0 Å². The molecule has 1 heterocycles. The van der Waals surface area contributed by atoms with Crippen molar-refractivity contribution >= 4 is 5.84 Å². The average Bonchev–Trinajstić information content (AvgIpc) is 2.54. The molecule has 0 atom stereocenters. The van der Waals surface area contributed by atoms with E-state index in [1.807, 2.05) is 0 Å². The van der Waals surface area contributed by atoms with Crippen LogP contribution in [0, 0.1) is 0 Å². The van der Waals surface area contributed by atoms with Gasteiger partial charge in [0.25, 0.3) is 0 Å². The SMILES string of the molecule is CCCCCCCCN1CC[N+](C)=C1C. The minimum absolute atomic E-state index is 1.21. The molecule has 0 aromatic heterocycles. The maximum atomic E-state index is 2.53. The van der Waals surface area contributed by atoms with Crippen LogP contribution >= 0.6 is 0 Å². The van der Waals surface area contributed by atoms with Gasteiger partial charge in [0.05, 0.1) is 13.6 Å². The van der Waals surface area contributed by atoms with Crippen LogP contribution in [-0.2, 0) is 0 Å². The van der Waals surface area contributed by atoms with E-state index in [1.54, 1.807) is 0 Å². The minimum Gasteiger partial charge on any atom is -0.265 e. The van der Waals surface area contributed by atoms with Gasteiger partial charge in [0, 0.05) is 6.92 Å². The first-order chi connectivity index (χ1) is 7.25. The number of amidine groups is 1. The topological polar surface area (TPSA) is 6.25 Å². The van der Waals surface area contributed by atoms with E-state index in [0.29, 0.717) is 0 Å². The number of rotatable bonds is 7. The molecule has 0 bridgehead atoms. The lowest BCUT2D eigenvalue weighted by atomic mass is 10.1. The zero-order valence-corrected chi connectivity index (χ0v) is 10.8. The predicted octanol–water partition coefficient (Wildman–Crippen LogP) is 2.72. The molecule has 0 aromatic carbocycles. The zero-order valence-electron chi connectivity index (χ0n) is 10.8. The first-order valence-electron chi connectivity index (χ1n) is 6.55. The Kier molecular flexibility index (Phi) is 5.74. The van der Waals surface area contributed by atoms with Gasteiger partial charge in [-0.3, -0.25) is 9.48 Å². The fourth-order valence-corrected chi connectivity index (χ4v) is 2.19. The summed E-state index contributed by atoms with van der Waals surface area (Å²) in [5, 5.41) is 0. The standard InChI is InChI=1S/C13H27N2/c1-4-5-6-7-8-9-10-15-12-11-14(3)13(15)2/h4-12H2,1-3H3/q+1. The van der Waals surface area contributed by atoms with Crippen molar-refractivity contribution in [2.24, 2.45) is 0 Å². The summed E-state index contributed by atoms with van der Waals surface area (Å²) in [5.74, 6) is 1.46. The van der Waals surface area contributed by atoms with Gasteiger partial charge in [-0.25, -0.2) is 0 Å². The van der Waals surface area contributed by atoms with Crippen molar-refractivity contribution in [3.63, 3.8) is 0 Å². The second-order valence-electron chi connectivity index (χ2n) is 4.72. The number of hydrogen-bond donors (Lipinski definition) is 0. The number of unbranched alkanes of at least 4 members (excludes halogenated alkanes) is 5. The lowest BCUT2D eigenvalue weighted by Gasteiger charge is -2.10. The Morgan fingerprint density at radius 1 is 1.13 bits per heavy atom. The van der Waals surface area contributed by atoms with Crippen molar-refractivity contribution < 1.29 is 4.58 Å². The molecule has 1 aliphatic rings. The lowest BCUT2D eigenvalue weighted by molar-refractivity contribution is -0.487. The Balaban J connectivity index is 2.01. The highest BCUT2D eigenvalue weighted by Gasteiger charge is 2.22. The predicted molar refractivity (Wildman–Crippen MR) is 66.7 cm³/mol. The Hall–Kier alpha value is -0.530. The third-order valence-corrected chi connectivity index (χ3v) is 3.50. The molecule has 0 fully saturated rings. The minimum atomic E-state index is 1.21. The van der Waals surface area contributed by atoms with Gasteiger partial charge in [-0.2, -0.15) is 0 Å². The van der Waals surface area contributed by atoms with Gasteiger partial charge in [0.15, 0.2) is 0 Å². The number of nitrogens with zero attached hydrogens (tertiary/aromatic N) is 2. The smallest absolute Gasteiger partial charge is 0.243 e. The molecule has 0 aliphatic carbocycles. The maximum absolute atomic E-state index is 2.53. The molecule has 0 N–H and O–H groups in total. The molecule has 2 heteroatoms. The number of hydrogen-bond acceptors (Lipinski definition) is 1. The quantitative estimate of drug-likeness (QED) is 0.463. The van der Waals surface area contributed by atoms with Crippen LogP contribution in [0.2, 0.25) is 0 Å². The molecule has 0 spiro atoms. The molecule has 0 radical (unpaired) electrons. The summed E-state index contributed by atoms with van der Waals surface area (Å²) in [6.45, 7) is 8.23. The van der Waals surface area contributed by atoms with E-state index >= 15 is 0 Å². The molecule has 88 valence electrons. The Bertz CT molecular complexity index is 209. The lowest BCUT2D eigenvalue weighted by Crippen LogP contribution is -2.27. The van der Waals surface area contributed by atoms with Crippen molar-refractivity contribution in [1.29, 1.82) is 0 Å². The van der Waals surface area contributed by atoms with Crippen LogP contribution in [0.15, 0.2) is 0 Å². The largest absolute Gasteiger partial charge is 0.265 e. The van der Waals surface area contributed by atoms with Crippen molar-refractivity contribution in [2.75, 3.05) is 26.7 Å². The zero-order chi connectivity index (χ0) is 11.1. The molecule has 1 rings (SSSR count). The summed E-state index contributed by atoms with van der Waals surface area (Å²) in [4.78, 5) is 2.53. The van der Waals surface area contributed by atoms with Crippen molar-refractivity contribution in [2.45, 2.75) is 52.4 Å². The molecule has 0 aromatic rings.